The van der Waals surface area contributed by atoms with E-state index in [-0.39, 0.29) is 29.1 Å². The Morgan fingerprint density at radius 1 is 0.844 bits per heavy atom. The summed E-state index contributed by atoms with van der Waals surface area (Å²) in [5.41, 5.74) is 1.89. The molecule has 0 atom stereocenters. The number of hydrogen-bond donors (Lipinski definition) is 2. The maximum absolute atomic E-state index is 13.2. The second-order valence-corrected chi connectivity index (χ2v) is 7.32. The summed E-state index contributed by atoms with van der Waals surface area (Å²) in [6, 6.07) is 18.6. The predicted octanol–water partition coefficient (Wildman–Crippen LogP) is 5.12. The van der Waals surface area contributed by atoms with E-state index in [2.05, 4.69) is 20.7 Å². The monoisotopic (exact) mass is 453 g/mol. The molecule has 4 rings (SSSR count). The molecule has 0 amide bonds. The van der Waals surface area contributed by atoms with Gasteiger partial charge in [0.05, 0.1) is 10.6 Å². The average Bonchev–Trinajstić information content (AvgIpc) is 3.21. The molecule has 0 spiro atoms. The molecule has 0 radical (unpaired) electrons. The van der Waals surface area contributed by atoms with Gasteiger partial charge in [-0.2, -0.15) is 9.67 Å². The van der Waals surface area contributed by atoms with E-state index in [1.54, 1.807) is 48.5 Å². The summed E-state index contributed by atoms with van der Waals surface area (Å²) in [4.78, 5) is 17.5. The van der Waals surface area contributed by atoms with E-state index in [4.69, 9.17) is 11.6 Å². The summed E-state index contributed by atoms with van der Waals surface area (Å²) in [6.45, 7) is 0.633. The third kappa shape index (κ3) is 5.09. The summed E-state index contributed by atoms with van der Waals surface area (Å²) in [5, 5.41) is 10.7. The minimum atomic E-state index is -0.459. The number of carbonyl (C=O) groups is 1. The Morgan fingerprint density at radius 3 is 2.00 bits per heavy atom. The van der Waals surface area contributed by atoms with Crippen molar-refractivity contribution in [2.24, 2.45) is 0 Å². The van der Waals surface area contributed by atoms with Crippen molar-refractivity contribution in [1.82, 2.24) is 14.8 Å². The molecule has 0 saturated carbocycles. The van der Waals surface area contributed by atoms with Gasteiger partial charge in [0.15, 0.2) is 0 Å². The maximum Gasteiger partial charge on any atom is 0.282 e. The molecule has 0 aliphatic heterocycles. The normalized spacial score (nSPS) is 10.7. The number of aromatic nitrogens is 3. The topological polar surface area (TPSA) is 71.8 Å². The summed E-state index contributed by atoms with van der Waals surface area (Å²) in [7, 11) is 0. The van der Waals surface area contributed by atoms with Gasteiger partial charge in [-0.1, -0.05) is 48.0 Å². The molecule has 162 valence electrons. The van der Waals surface area contributed by atoms with Gasteiger partial charge in [-0.15, -0.1) is 5.10 Å². The predicted molar refractivity (Wildman–Crippen MR) is 119 cm³/mol. The highest BCUT2D eigenvalue weighted by Gasteiger charge is 2.20. The van der Waals surface area contributed by atoms with Crippen molar-refractivity contribution in [3.05, 3.63) is 106 Å². The van der Waals surface area contributed by atoms with Gasteiger partial charge in [-0.25, -0.2) is 8.78 Å². The van der Waals surface area contributed by atoms with Crippen LogP contribution in [0.4, 0.5) is 20.7 Å². The van der Waals surface area contributed by atoms with Crippen LogP contribution in [0.15, 0.2) is 72.8 Å². The first-order valence-electron chi connectivity index (χ1n) is 9.72. The first kappa shape index (κ1) is 21.5. The van der Waals surface area contributed by atoms with Gasteiger partial charge in [0, 0.05) is 13.1 Å². The smallest absolute Gasteiger partial charge is 0.282 e. The largest absolute Gasteiger partial charge is 0.350 e. The van der Waals surface area contributed by atoms with Gasteiger partial charge >= 0.3 is 0 Å². The minimum absolute atomic E-state index is 0.195. The highest BCUT2D eigenvalue weighted by molar-refractivity contribution is 6.33. The molecule has 0 bridgehead atoms. The quantitative estimate of drug-likeness (QED) is 0.406. The molecular weight excluding hydrogens is 436 g/mol. The lowest BCUT2D eigenvalue weighted by molar-refractivity contribution is 0.0947. The molecule has 2 N–H and O–H groups in total. The van der Waals surface area contributed by atoms with Crippen LogP contribution in [0, 0.1) is 11.6 Å². The fourth-order valence-electron chi connectivity index (χ4n) is 2.96. The van der Waals surface area contributed by atoms with E-state index in [9.17, 15) is 13.6 Å². The molecule has 9 heteroatoms. The third-order valence-corrected chi connectivity index (χ3v) is 4.96. The molecule has 1 aromatic heterocycles. The van der Waals surface area contributed by atoms with Crippen LogP contribution in [0.25, 0.3) is 0 Å². The number of rotatable bonds is 7. The van der Waals surface area contributed by atoms with Crippen LogP contribution in [-0.2, 0) is 13.1 Å². The van der Waals surface area contributed by atoms with Crippen molar-refractivity contribution in [2.45, 2.75) is 13.1 Å². The first-order chi connectivity index (χ1) is 15.5. The van der Waals surface area contributed by atoms with E-state index in [0.717, 1.165) is 15.8 Å². The Balaban J connectivity index is 1.58. The summed E-state index contributed by atoms with van der Waals surface area (Å²) >= 11 is 6.19. The standard InChI is InChI=1S/C23H18ClF2N5O/c24-20-4-2-1-3-19(20)21(32)31-23(28-14-16-7-11-18(26)12-8-16)29-22(30-31)27-13-15-5-9-17(25)10-6-15/h1-12H,13-14H2,(H2,27,28,29,30). The van der Waals surface area contributed by atoms with Crippen LogP contribution in [0.2, 0.25) is 5.02 Å². The number of carbonyl (C=O) groups excluding carboxylic acids is 1. The van der Waals surface area contributed by atoms with Crippen LogP contribution >= 0.6 is 11.6 Å². The van der Waals surface area contributed by atoms with Gasteiger partial charge in [-0.05, 0) is 47.5 Å². The number of anilines is 2. The van der Waals surface area contributed by atoms with Gasteiger partial charge in [-0.3, -0.25) is 4.79 Å². The maximum atomic E-state index is 13.2. The van der Waals surface area contributed by atoms with Gasteiger partial charge in [0.1, 0.15) is 11.6 Å². The second kappa shape index (κ2) is 9.57. The Bertz CT molecular complexity index is 1230. The minimum Gasteiger partial charge on any atom is -0.350 e. The lowest BCUT2D eigenvalue weighted by Crippen LogP contribution is -2.18. The van der Waals surface area contributed by atoms with Crippen molar-refractivity contribution in [3.8, 4) is 0 Å². The van der Waals surface area contributed by atoms with Gasteiger partial charge < -0.3 is 10.6 Å². The summed E-state index contributed by atoms with van der Waals surface area (Å²) < 4.78 is 27.4. The Kier molecular flexibility index (Phi) is 6.42. The molecule has 32 heavy (non-hydrogen) atoms. The number of nitrogens with zero attached hydrogens (tertiary/aromatic N) is 3. The zero-order chi connectivity index (χ0) is 22.5. The van der Waals surface area contributed by atoms with Crippen LogP contribution in [-0.4, -0.2) is 20.7 Å². The van der Waals surface area contributed by atoms with E-state index in [0.29, 0.717) is 18.1 Å². The van der Waals surface area contributed by atoms with Gasteiger partial charge in [0.2, 0.25) is 11.9 Å². The van der Waals surface area contributed by atoms with E-state index < -0.39 is 5.91 Å². The summed E-state index contributed by atoms with van der Waals surface area (Å²) in [5.74, 6) is -0.719. The number of nitrogens with one attached hydrogen (secondary N) is 2. The number of hydrogen-bond acceptors (Lipinski definition) is 5. The molecule has 0 aliphatic rings. The van der Waals surface area contributed by atoms with E-state index in [1.165, 1.54) is 24.3 Å². The van der Waals surface area contributed by atoms with Crippen molar-refractivity contribution in [3.63, 3.8) is 0 Å². The Morgan fingerprint density at radius 2 is 1.41 bits per heavy atom. The lowest BCUT2D eigenvalue weighted by atomic mass is 10.2. The highest BCUT2D eigenvalue weighted by Crippen LogP contribution is 2.20. The molecule has 1 heterocycles. The second-order valence-electron chi connectivity index (χ2n) is 6.92. The summed E-state index contributed by atoms with van der Waals surface area (Å²) in [6.07, 6.45) is 0. The Hall–Kier alpha value is -3.78. The van der Waals surface area contributed by atoms with Crippen LogP contribution < -0.4 is 10.6 Å². The van der Waals surface area contributed by atoms with Crippen molar-refractivity contribution in [2.75, 3.05) is 10.6 Å². The average molecular weight is 454 g/mol. The van der Waals surface area contributed by atoms with Crippen LogP contribution in [0.1, 0.15) is 21.5 Å². The molecule has 0 fully saturated rings. The van der Waals surface area contributed by atoms with Crippen LogP contribution in [0.3, 0.4) is 0 Å². The molecule has 0 saturated heterocycles. The zero-order valence-electron chi connectivity index (χ0n) is 16.7. The van der Waals surface area contributed by atoms with Crippen molar-refractivity contribution in [1.29, 1.82) is 0 Å². The van der Waals surface area contributed by atoms with E-state index >= 15 is 0 Å². The van der Waals surface area contributed by atoms with Gasteiger partial charge in [0.25, 0.3) is 5.91 Å². The Labute approximate surface area is 187 Å². The number of halogens is 3. The molecule has 4 aromatic rings. The molecule has 0 aliphatic carbocycles. The third-order valence-electron chi connectivity index (χ3n) is 4.63. The first-order valence-corrected chi connectivity index (χ1v) is 10.1. The molecule has 0 unspecified atom stereocenters. The molecule has 6 nitrogen and oxygen atoms in total. The van der Waals surface area contributed by atoms with E-state index in [1.807, 2.05) is 0 Å². The lowest BCUT2D eigenvalue weighted by Gasteiger charge is -2.08. The highest BCUT2D eigenvalue weighted by atomic mass is 35.5. The van der Waals surface area contributed by atoms with Crippen molar-refractivity contribution >= 4 is 29.4 Å². The molecular formula is C23H18ClF2N5O. The molecule has 3 aromatic carbocycles. The van der Waals surface area contributed by atoms with Crippen LogP contribution in [0.5, 0.6) is 0 Å². The SMILES string of the molecule is O=C(c1ccccc1Cl)n1nc(NCc2ccc(F)cc2)nc1NCc1ccc(F)cc1. The fraction of sp³-hybridized carbons (Fsp3) is 0.0870. The van der Waals surface area contributed by atoms with Crippen molar-refractivity contribution < 1.29 is 13.6 Å². The fourth-order valence-corrected chi connectivity index (χ4v) is 3.18. The zero-order valence-corrected chi connectivity index (χ0v) is 17.5. The number of benzene rings is 3.